The molecule has 124 valence electrons. The summed E-state index contributed by atoms with van der Waals surface area (Å²) in [5, 5.41) is 23.5. The lowest BCUT2D eigenvalue weighted by Crippen LogP contribution is -2.20. The molecule has 25 heavy (non-hydrogen) atoms. The highest BCUT2D eigenvalue weighted by Crippen LogP contribution is 2.23. The maximum Gasteiger partial charge on any atom is 0.248 e. The molecule has 0 atom stereocenters. The molecule has 4 rings (SSSR count). The van der Waals surface area contributed by atoms with Crippen LogP contribution in [0.25, 0.3) is 22.3 Å². The summed E-state index contributed by atoms with van der Waals surface area (Å²) in [6.07, 6.45) is 0. The van der Waals surface area contributed by atoms with Gasteiger partial charge in [0.2, 0.25) is 11.7 Å². The highest BCUT2D eigenvalue weighted by Gasteiger charge is 2.16. The van der Waals surface area contributed by atoms with Crippen molar-refractivity contribution in [1.82, 2.24) is 30.5 Å². The maximum absolute atomic E-state index is 12.3. The average molecular weight is 336 g/mol. The minimum atomic E-state index is -0.286. The topological polar surface area (TPSA) is 138 Å². The number of carbonyl (C=O) groups excluding carboxylic acids is 1. The van der Waals surface area contributed by atoms with Gasteiger partial charge in [-0.3, -0.25) is 4.79 Å². The molecule has 0 fully saturated rings. The number of rotatable bonds is 4. The Labute approximate surface area is 140 Å². The highest BCUT2D eigenvalue weighted by atomic mass is 16.6. The number of anilines is 2. The molecule has 0 spiro atoms. The Hall–Kier alpha value is -3.82. The van der Waals surface area contributed by atoms with Crippen LogP contribution in [-0.4, -0.2) is 36.4 Å². The van der Waals surface area contributed by atoms with Crippen molar-refractivity contribution in [3.63, 3.8) is 0 Å². The third-order valence-electron chi connectivity index (χ3n) is 3.53. The molecule has 2 aromatic heterocycles. The summed E-state index contributed by atoms with van der Waals surface area (Å²) in [6.45, 7) is -0.110. The van der Waals surface area contributed by atoms with Crippen molar-refractivity contribution in [1.29, 1.82) is 0 Å². The minimum Gasteiger partial charge on any atom is -0.379 e. The lowest BCUT2D eigenvalue weighted by Gasteiger charge is -2.08. The van der Waals surface area contributed by atoms with E-state index in [1.165, 1.54) is 0 Å². The molecule has 4 aromatic rings. The molecule has 0 aliphatic carbocycles. The van der Waals surface area contributed by atoms with Crippen LogP contribution in [0.1, 0.15) is 0 Å². The molecule has 0 aliphatic rings. The lowest BCUT2D eigenvalue weighted by atomic mass is 10.1. The van der Waals surface area contributed by atoms with Gasteiger partial charge in [-0.2, -0.15) is 4.80 Å². The van der Waals surface area contributed by atoms with E-state index in [1.54, 1.807) is 0 Å². The Balaban J connectivity index is 1.51. The van der Waals surface area contributed by atoms with E-state index in [1.807, 2.05) is 42.5 Å². The molecule has 3 N–H and O–H groups in total. The lowest BCUT2D eigenvalue weighted by molar-refractivity contribution is -0.117. The number of hydrogen-bond acceptors (Lipinski definition) is 8. The van der Waals surface area contributed by atoms with E-state index < -0.39 is 0 Å². The number of nitrogens with zero attached hydrogens (tertiary/aromatic N) is 6. The van der Waals surface area contributed by atoms with Crippen molar-refractivity contribution in [2.24, 2.45) is 0 Å². The van der Waals surface area contributed by atoms with Crippen molar-refractivity contribution in [2.75, 3.05) is 11.1 Å². The zero-order valence-electron chi connectivity index (χ0n) is 12.8. The molecule has 0 radical (unpaired) electrons. The van der Waals surface area contributed by atoms with Crippen LogP contribution in [0, 0.1) is 0 Å². The second-order valence-electron chi connectivity index (χ2n) is 5.22. The second kappa shape index (κ2) is 6.00. The van der Waals surface area contributed by atoms with Gasteiger partial charge in [0, 0.05) is 11.1 Å². The Morgan fingerprint density at radius 2 is 2.00 bits per heavy atom. The van der Waals surface area contributed by atoms with E-state index >= 15 is 0 Å². The van der Waals surface area contributed by atoms with Gasteiger partial charge in [-0.25, -0.2) is 4.63 Å². The predicted molar refractivity (Wildman–Crippen MR) is 88.1 cm³/mol. The van der Waals surface area contributed by atoms with Crippen molar-refractivity contribution >= 4 is 28.2 Å². The minimum absolute atomic E-state index is 0.0553. The number of hydrogen-bond donors (Lipinski definition) is 2. The first-order valence-electron chi connectivity index (χ1n) is 7.34. The summed E-state index contributed by atoms with van der Waals surface area (Å²) in [5.41, 5.74) is 6.47. The second-order valence-corrected chi connectivity index (χ2v) is 5.22. The van der Waals surface area contributed by atoms with E-state index in [4.69, 9.17) is 5.73 Å². The molecule has 0 saturated heterocycles. The molecule has 2 heterocycles. The first-order chi connectivity index (χ1) is 12.2. The smallest absolute Gasteiger partial charge is 0.248 e. The highest BCUT2D eigenvalue weighted by molar-refractivity contribution is 6.01. The van der Waals surface area contributed by atoms with Gasteiger partial charge in [0.1, 0.15) is 6.54 Å². The summed E-state index contributed by atoms with van der Waals surface area (Å²) < 4.78 is 4.49. The van der Waals surface area contributed by atoms with E-state index in [0.29, 0.717) is 5.69 Å². The van der Waals surface area contributed by atoms with Gasteiger partial charge in [0.05, 0.1) is 0 Å². The fourth-order valence-corrected chi connectivity index (χ4v) is 2.41. The van der Waals surface area contributed by atoms with Gasteiger partial charge >= 0.3 is 0 Å². The van der Waals surface area contributed by atoms with Gasteiger partial charge in [0.25, 0.3) is 0 Å². The predicted octanol–water partition coefficient (Wildman–Crippen LogP) is 1.10. The number of amides is 1. The Morgan fingerprint density at radius 1 is 1.16 bits per heavy atom. The summed E-state index contributed by atoms with van der Waals surface area (Å²) >= 11 is 0. The normalized spacial score (nSPS) is 10.9. The molecular weight excluding hydrogens is 324 g/mol. The molecular formula is C15H12N8O2. The first kappa shape index (κ1) is 14.8. The molecule has 10 heteroatoms. The van der Waals surface area contributed by atoms with Crippen LogP contribution < -0.4 is 11.1 Å². The molecule has 0 bridgehead atoms. The quantitative estimate of drug-likeness (QED) is 0.565. The Morgan fingerprint density at radius 3 is 2.84 bits per heavy atom. The zero-order valence-corrected chi connectivity index (χ0v) is 12.8. The zero-order chi connectivity index (χ0) is 17.2. The van der Waals surface area contributed by atoms with Crippen LogP contribution in [0.3, 0.4) is 0 Å². The van der Waals surface area contributed by atoms with E-state index in [9.17, 15) is 4.79 Å². The summed E-state index contributed by atoms with van der Waals surface area (Å²) in [6, 6.07) is 13.5. The largest absolute Gasteiger partial charge is 0.379 e. The molecule has 0 aliphatic heterocycles. The van der Waals surface area contributed by atoms with Gasteiger partial charge in [-0.05, 0) is 27.0 Å². The molecule has 0 saturated carbocycles. The summed E-state index contributed by atoms with van der Waals surface area (Å²) in [4.78, 5) is 13.4. The SMILES string of the molecule is Nc1nonc1-c1nnn(CC(=O)Nc2cccc3ccccc23)n1. The number of nitrogens with one attached hydrogen (secondary N) is 1. The van der Waals surface area contributed by atoms with Crippen LogP contribution in [0.15, 0.2) is 47.1 Å². The number of nitrogens with two attached hydrogens (primary N) is 1. The van der Waals surface area contributed by atoms with E-state index in [0.717, 1.165) is 15.6 Å². The van der Waals surface area contributed by atoms with Gasteiger partial charge in [-0.1, -0.05) is 36.4 Å². The van der Waals surface area contributed by atoms with Crippen LogP contribution >= 0.6 is 0 Å². The Bertz CT molecular complexity index is 1050. The van der Waals surface area contributed by atoms with Crippen molar-refractivity contribution in [2.45, 2.75) is 6.54 Å². The van der Waals surface area contributed by atoms with Gasteiger partial charge in [-0.15, -0.1) is 10.2 Å². The van der Waals surface area contributed by atoms with Crippen molar-refractivity contribution in [3.8, 4) is 11.5 Å². The average Bonchev–Trinajstić information content (AvgIpc) is 3.24. The van der Waals surface area contributed by atoms with Crippen molar-refractivity contribution < 1.29 is 9.42 Å². The number of fused-ring (bicyclic) bond motifs is 1. The first-order valence-corrected chi connectivity index (χ1v) is 7.34. The van der Waals surface area contributed by atoms with Crippen LogP contribution in [0.5, 0.6) is 0 Å². The Kier molecular flexibility index (Phi) is 3.54. The van der Waals surface area contributed by atoms with E-state index in [2.05, 4.69) is 35.7 Å². The number of tetrazole rings is 1. The van der Waals surface area contributed by atoms with Crippen LogP contribution in [-0.2, 0) is 11.3 Å². The third kappa shape index (κ3) is 2.87. The fourth-order valence-electron chi connectivity index (χ4n) is 2.41. The summed E-state index contributed by atoms with van der Waals surface area (Å²) in [5.74, 6) is -0.0944. The molecule has 0 unspecified atom stereocenters. The number of benzene rings is 2. The molecule has 1 amide bonds. The van der Waals surface area contributed by atoms with Gasteiger partial charge in [0.15, 0.2) is 11.5 Å². The van der Waals surface area contributed by atoms with Crippen LogP contribution in [0.4, 0.5) is 11.5 Å². The van der Waals surface area contributed by atoms with E-state index in [-0.39, 0.29) is 29.8 Å². The standard InChI is InChI=1S/C15H12N8O2/c16-14-13(20-25-21-14)15-18-22-23(19-15)8-12(24)17-11-7-3-5-9-4-1-2-6-10(9)11/h1-7H,8H2,(H2,16,21)(H,17,24). The molecule has 10 nitrogen and oxygen atoms in total. The number of nitrogen functional groups attached to an aromatic ring is 1. The van der Waals surface area contributed by atoms with Crippen molar-refractivity contribution in [3.05, 3.63) is 42.5 Å². The number of carbonyl (C=O) groups is 1. The molecule has 2 aromatic carbocycles. The number of aromatic nitrogens is 6. The monoisotopic (exact) mass is 336 g/mol. The van der Waals surface area contributed by atoms with Crippen LogP contribution in [0.2, 0.25) is 0 Å². The maximum atomic E-state index is 12.3. The third-order valence-corrected chi connectivity index (χ3v) is 3.53. The van der Waals surface area contributed by atoms with Gasteiger partial charge < -0.3 is 11.1 Å². The summed E-state index contributed by atoms with van der Waals surface area (Å²) in [7, 11) is 0. The fraction of sp³-hybridized carbons (Fsp3) is 0.0667.